The van der Waals surface area contributed by atoms with E-state index in [1.54, 1.807) is 0 Å². The summed E-state index contributed by atoms with van der Waals surface area (Å²) in [6.45, 7) is -1.57. The first kappa shape index (κ1) is 13.8. The highest BCUT2D eigenvalue weighted by molar-refractivity contribution is 5.38. The van der Waals surface area contributed by atoms with E-state index in [4.69, 9.17) is 10.8 Å². The van der Waals surface area contributed by atoms with Crippen LogP contribution in [0.1, 0.15) is 28.8 Å². The van der Waals surface area contributed by atoms with Gasteiger partial charge in [0.1, 0.15) is 5.69 Å². The fourth-order valence-corrected chi connectivity index (χ4v) is 1.45. The molecule has 0 aromatic carbocycles. The van der Waals surface area contributed by atoms with Crippen molar-refractivity contribution in [3.05, 3.63) is 28.6 Å². The molecule has 1 heterocycles. The number of rotatable bonds is 3. The molecule has 1 rings (SSSR count). The Labute approximate surface area is 93.1 Å². The van der Waals surface area contributed by atoms with Gasteiger partial charge >= 0.3 is 6.18 Å². The molecule has 8 heteroatoms. The van der Waals surface area contributed by atoms with Crippen LogP contribution in [-0.4, -0.2) is 10.1 Å². The van der Waals surface area contributed by atoms with Gasteiger partial charge in [-0.05, 0) is 11.1 Å². The highest BCUT2D eigenvalue weighted by Crippen LogP contribution is 2.35. The predicted molar refractivity (Wildman–Crippen MR) is 48.0 cm³/mol. The Hall–Kier alpha value is -1.28. The number of alkyl halides is 5. The average molecular weight is 256 g/mol. The smallest absolute Gasteiger partial charge is 0.392 e. The molecule has 0 unspecified atom stereocenters. The van der Waals surface area contributed by atoms with Crippen LogP contribution >= 0.6 is 0 Å². The lowest BCUT2D eigenvalue weighted by atomic mass is 10.0. The van der Waals surface area contributed by atoms with Crippen molar-refractivity contribution in [3.63, 3.8) is 0 Å². The van der Waals surface area contributed by atoms with Crippen molar-refractivity contribution >= 4 is 0 Å². The van der Waals surface area contributed by atoms with E-state index in [9.17, 15) is 22.0 Å². The fourth-order valence-electron chi connectivity index (χ4n) is 1.45. The number of hydrogen-bond acceptors (Lipinski definition) is 3. The van der Waals surface area contributed by atoms with E-state index in [0.717, 1.165) is 0 Å². The minimum Gasteiger partial charge on any atom is -0.392 e. The molecule has 0 bridgehead atoms. The molecule has 0 aliphatic rings. The Balaban J connectivity index is 3.49. The van der Waals surface area contributed by atoms with Crippen LogP contribution in [0.4, 0.5) is 22.0 Å². The quantitative estimate of drug-likeness (QED) is 0.813. The molecule has 0 saturated carbocycles. The summed E-state index contributed by atoms with van der Waals surface area (Å²) in [6.07, 6.45) is -7.52. The molecule has 0 aliphatic heterocycles. The zero-order valence-corrected chi connectivity index (χ0v) is 8.43. The lowest BCUT2D eigenvalue weighted by molar-refractivity contribution is -0.139. The molecule has 0 radical (unpaired) electrons. The Kier molecular flexibility index (Phi) is 3.99. The number of aliphatic hydroxyl groups is 1. The number of aromatic nitrogens is 1. The molecule has 1 aromatic rings. The summed E-state index contributed by atoms with van der Waals surface area (Å²) < 4.78 is 62.5. The number of aliphatic hydroxyl groups excluding tert-OH is 1. The molecular formula is C9H9F5N2O. The molecule has 0 saturated heterocycles. The van der Waals surface area contributed by atoms with Gasteiger partial charge in [-0.1, -0.05) is 0 Å². The van der Waals surface area contributed by atoms with Crippen LogP contribution in [0.15, 0.2) is 6.20 Å². The van der Waals surface area contributed by atoms with E-state index in [1.165, 1.54) is 0 Å². The van der Waals surface area contributed by atoms with Crippen molar-refractivity contribution in [3.8, 4) is 0 Å². The van der Waals surface area contributed by atoms with Crippen LogP contribution in [-0.2, 0) is 19.3 Å². The maximum absolute atomic E-state index is 12.5. The summed E-state index contributed by atoms with van der Waals surface area (Å²) in [5.41, 5.74) is 1.94. The Morgan fingerprint density at radius 2 is 1.88 bits per heavy atom. The van der Waals surface area contributed by atoms with Gasteiger partial charge in [0.25, 0.3) is 6.43 Å². The van der Waals surface area contributed by atoms with Crippen molar-refractivity contribution < 1.29 is 27.1 Å². The fraction of sp³-hybridized carbons (Fsp3) is 0.444. The van der Waals surface area contributed by atoms with Gasteiger partial charge in [0.15, 0.2) is 0 Å². The van der Waals surface area contributed by atoms with Crippen LogP contribution in [0.2, 0.25) is 0 Å². The van der Waals surface area contributed by atoms with E-state index in [2.05, 4.69) is 4.98 Å². The van der Waals surface area contributed by atoms with Crippen LogP contribution in [0.25, 0.3) is 0 Å². The maximum atomic E-state index is 12.5. The molecule has 3 nitrogen and oxygen atoms in total. The molecule has 0 fully saturated rings. The number of hydrogen-bond donors (Lipinski definition) is 2. The Bertz CT molecular complexity index is 405. The second-order valence-corrected chi connectivity index (χ2v) is 3.17. The lowest BCUT2D eigenvalue weighted by Crippen LogP contribution is -2.17. The first-order chi connectivity index (χ1) is 7.82. The molecule has 17 heavy (non-hydrogen) atoms. The topological polar surface area (TPSA) is 59.1 Å². The standard InChI is InChI=1S/C9H9F5N2O/c10-8(11)7-4(1-15)5(3-17)6(2-16-7)9(12,13)14/h2,8,17H,1,3,15H2. The van der Waals surface area contributed by atoms with Gasteiger partial charge in [-0.2, -0.15) is 13.2 Å². The summed E-state index contributed by atoms with van der Waals surface area (Å²) in [6, 6.07) is 0. The molecule has 0 spiro atoms. The van der Waals surface area contributed by atoms with E-state index < -0.39 is 48.1 Å². The lowest BCUT2D eigenvalue weighted by Gasteiger charge is -2.16. The van der Waals surface area contributed by atoms with E-state index in [0.29, 0.717) is 0 Å². The third-order valence-electron chi connectivity index (χ3n) is 2.21. The number of pyridine rings is 1. The zero-order chi connectivity index (χ0) is 13.2. The van der Waals surface area contributed by atoms with E-state index in [1.807, 2.05) is 0 Å². The van der Waals surface area contributed by atoms with E-state index in [-0.39, 0.29) is 6.20 Å². The Morgan fingerprint density at radius 1 is 1.29 bits per heavy atom. The van der Waals surface area contributed by atoms with Crippen molar-refractivity contribution in [2.75, 3.05) is 0 Å². The Morgan fingerprint density at radius 3 is 2.24 bits per heavy atom. The molecule has 3 N–H and O–H groups in total. The van der Waals surface area contributed by atoms with Crippen LogP contribution in [0, 0.1) is 0 Å². The molecule has 96 valence electrons. The molecule has 0 atom stereocenters. The third kappa shape index (κ3) is 2.70. The first-order valence-corrected chi connectivity index (χ1v) is 4.49. The normalized spacial score (nSPS) is 12.2. The van der Waals surface area contributed by atoms with Gasteiger partial charge in [-0.25, -0.2) is 8.78 Å². The molecule has 0 aliphatic carbocycles. The van der Waals surface area contributed by atoms with Crippen LogP contribution < -0.4 is 5.73 Å². The number of nitrogens with zero attached hydrogens (tertiary/aromatic N) is 1. The van der Waals surface area contributed by atoms with Gasteiger partial charge in [0.05, 0.1) is 12.2 Å². The summed E-state index contributed by atoms with van der Waals surface area (Å²) >= 11 is 0. The summed E-state index contributed by atoms with van der Waals surface area (Å²) in [7, 11) is 0. The monoisotopic (exact) mass is 256 g/mol. The van der Waals surface area contributed by atoms with E-state index >= 15 is 0 Å². The zero-order valence-electron chi connectivity index (χ0n) is 8.43. The van der Waals surface area contributed by atoms with Gasteiger partial charge in [0.2, 0.25) is 0 Å². The number of nitrogens with two attached hydrogens (primary N) is 1. The highest BCUT2D eigenvalue weighted by Gasteiger charge is 2.36. The van der Waals surface area contributed by atoms with Crippen molar-refractivity contribution in [2.24, 2.45) is 5.73 Å². The maximum Gasteiger partial charge on any atom is 0.418 e. The largest absolute Gasteiger partial charge is 0.418 e. The highest BCUT2D eigenvalue weighted by atomic mass is 19.4. The second kappa shape index (κ2) is 4.92. The van der Waals surface area contributed by atoms with Crippen LogP contribution in [0.3, 0.4) is 0 Å². The summed E-state index contributed by atoms with van der Waals surface area (Å²) in [5, 5.41) is 8.87. The van der Waals surface area contributed by atoms with Gasteiger partial charge < -0.3 is 10.8 Å². The number of halogens is 5. The summed E-state index contributed by atoms with van der Waals surface area (Å²) in [5.74, 6) is 0. The second-order valence-electron chi connectivity index (χ2n) is 3.17. The third-order valence-corrected chi connectivity index (χ3v) is 2.21. The minimum absolute atomic E-state index is 0.284. The first-order valence-electron chi connectivity index (χ1n) is 4.49. The molecule has 0 amide bonds. The van der Waals surface area contributed by atoms with Gasteiger partial charge in [0, 0.05) is 12.7 Å². The van der Waals surface area contributed by atoms with Gasteiger partial charge in [-0.3, -0.25) is 4.98 Å². The van der Waals surface area contributed by atoms with Crippen LogP contribution in [0.5, 0.6) is 0 Å². The minimum atomic E-state index is -4.77. The van der Waals surface area contributed by atoms with Crippen molar-refractivity contribution in [1.29, 1.82) is 0 Å². The molecule has 1 aromatic heterocycles. The summed E-state index contributed by atoms with van der Waals surface area (Å²) in [4.78, 5) is 3.06. The van der Waals surface area contributed by atoms with Gasteiger partial charge in [-0.15, -0.1) is 0 Å². The SMILES string of the molecule is NCc1c(C(F)F)ncc(C(F)(F)F)c1CO. The van der Waals surface area contributed by atoms with Crippen molar-refractivity contribution in [2.45, 2.75) is 25.8 Å². The molecular weight excluding hydrogens is 247 g/mol. The average Bonchev–Trinajstić information content (AvgIpc) is 2.25. The predicted octanol–water partition coefficient (Wildman–Crippen LogP) is 1.99. The van der Waals surface area contributed by atoms with Crippen molar-refractivity contribution in [1.82, 2.24) is 4.98 Å².